The molecule has 0 fully saturated rings. The lowest BCUT2D eigenvalue weighted by Crippen LogP contribution is -2.28. The Morgan fingerprint density at radius 2 is 1.89 bits per heavy atom. The summed E-state index contributed by atoms with van der Waals surface area (Å²) in [6.07, 6.45) is 0.639. The van der Waals surface area contributed by atoms with E-state index in [1.54, 1.807) is 7.05 Å². The number of ether oxygens (including phenoxy) is 1. The lowest BCUT2D eigenvalue weighted by molar-refractivity contribution is 0.267. The number of aliphatic hydroxyl groups excluding tert-OH is 1. The molecule has 7 nitrogen and oxygen atoms in total. The van der Waals surface area contributed by atoms with Crippen molar-refractivity contribution in [2.75, 3.05) is 31.4 Å². The maximum absolute atomic E-state index is 9.03. The average molecular weight is 255 g/mol. The van der Waals surface area contributed by atoms with Gasteiger partial charge in [0.05, 0.1) is 7.11 Å². The molecule has 0 spiro atoms. The molecule has 0 aromatic carbocycles. The second-order valence-corrected chi connectivity index (χ2v) is 4.23. The van der Waals surface area contributed by atoms with Gasteiger partial charge in [0.2, 0.25) is 11.9 Å². The number of nitrogens with zero attached hydrogens (tertiary/aromatic N) is 3. The number of hydrogen-bond acceptors (Lipinski definition) is 7. The van der Waals surface area contributed by atoms with E-state index in [9.17, 15) is 0 Å². The van der Waals surface area contributed by atoms with Gasteiger partial charge in [0.1, 0.15) is 0 Å². The molecule has 1 aromatic heterocycles. The lowest BCUT2D eigenvalue weighted by Gasteiger charge is -2.21. The van der Waals surface area contributed by atoms with Crippen LogP contribution in [0.15, 0.2) is 0 Å². The molecule has 1 aromatic rings. The zero-order chi connectivity index (χ0) is 13.5. The summed E-state index contributed by atoms with van der Waals surface area (Å²) in [6.45, 7) is 4.27. The van der Waals surface area contributed by atoms with Gasteiger partial charge < -0.3 is 20.5 Å². The second kappa shape index (κ2) is 6.95. The Hall–Kier alpha value is -1.63. The van der Waals surface area contributed by atoms with Gasteiger partial charge in [0.25, 0.3) is 0 Å². The summed E-state index contributed by atoms with van der Waals surface area (Å²) in [5.74, 6) is 1.24. The number of methoxy groups -OCH3 is 1. The fourth-order valence-electron chi connectivity index (χ4n) is 1.50. The SMILES string of the molecule is CNc1nc(NC(CCO)C(C)C)nc(OC)n1. The summed E-state index contributed by atoms with van der Waals surface area (Å²) in [7, 11) is 3.23. The van der Waals surface area contributed by atoms with Crippen LogP contribution >= 0.6 is 0 Å². The molecule has 7 heteroatoms. The van der Waals surface area contributed by atoms with Gasteiger partial charge in [-0.25, -0.2) is 0 Å². The van der Waals surface area contributed by atoms with Crippen molar-refractivity contribution in [3.05, 3.63) is 0 Å². The van der Waals surface area contributed by atoms with Gasteiger partial charge in [0, 0.05) is 19.7 Å². The summed E-state index contributed by atoms with van der Waals surface area (Å²) in [5.41, 5.74) is 0. The Morgan fingerprint density at radius 1 is 1.22 bits per heavy atom. The Kier molecular flexibility index (Phi) is 5.57. The smallest absolute Gasteiger partial charge is 0.322 e. The minimum Gasteiger partial charge on any atom is -0.467 e. The van der Waals surface area contributed by atoms with Crippen molar-refractivity contribution in [2.45, 2.75) is 26.3 Å². The first kappa shape index (κ1) is 14.4. The highest BCUT2D eigenvalue weighted by molar-refractivity contribution is 5.36. The molecule has 1 rings (SSSR count). The number of anilines is 2. The molecule has 18 heavy (non-hydrogen) atoms. The van der Waals surface area contributed by atoms with Gasteiger partial charge in [0.15, 0.2) is 0 Å². The quantitative estimate of drug-likeness (QED) is 0.661. The van der Waals surface area contributed by atoms with Gasteiger partial charge in [-0.1, -0.05) is 13.8 Å². The maximum atomic E-state index is 9.03. The largest absolute Gasteiger partial charge is 0.467 e. The zero-order valence-electron chi connectivity index (χ0n) is 11.3. The molecule has 102 valence electrons. The molecule has 0 aliphatic carbocycles. The molecular weight excluding hydrogens is 234 g/mol. The fourth-order valence-corrected chi connectivity index (χ4v) is 1.50. The van der Waals surface area contributed by atoms with E-state index in [0.717, 1.165) is 0 Å². The van der Waals surface area contributed by atoms with Crippen molar-refractivity contribution in [3.8, 4) is 6.01 Å². The number of aromatic nitrogens is 3. The van der Waals surface area contributed by atoms with Crippen LogP contribution in [0.1, 0.15) is 20.3 Å². The zero-order valence-corrected chi connectivity index (χ0v) is 11.3. The van der Waals surface area contributed by atoms with Crippen LogP contribution in [0.25, 0.3) is 0 Å². The van der Waals surface area contributed by atoms with Gasteiger partial charge in [-0.05, 0) is 12.3 Å². The molecule has 0 aliphatic heterocycles. The topological polar surface area (TPSA) is 92.2 Å². The highest BCUT2D eigenvalue weighted by Gasteiger charge is 2.15. The van der Waals surface area contributed by atoms with Crippen molar-refractivity contribution in [2.24, 2.45) is 5.92 Å². The lowest BCUT2D eigenvalue weighted by atomic mass is 10.0. The summed E-state index contributed by atoms with van der Waals surface area (Å²) in [6, 6.07) is 0.357. The third kappa shape index (κ3) is 3.99. The number of nitrogens with one attached hydrogen (secondary N) is 2. The van der Waals surface area contributed by atoms with E-state index < -0.39 is 0 Å². The molecule has 3 N–H and O–H groups in total. The molecule has 0 saturated heterocycles. The maximum Gasteiger partial charge on any atom is 0.322 e. The Bertz CT molecular complexity index is 350. The van der Waals surface area contributed by atoms with E-state index in [2.05, 4.69) is 39.4 Å². The molecule has 1 unspecified atom stereocenters. The molecule has 0 amide bonds. The van der Waals surface area contributed by atoms with Gasteiger partial charge in [-0.3, -0.25) is 0 Å². The first-order valence-electron chi connectivity index (χ1n) is 5.96. The van der Waals surface area contributed by atoms with Crippen LogP contribution in [0.2, 0.25) is 0 Å². The highest BCUT2D eigenvalue weighted by Crippen LogP contribution is 2.15. The van der Waals surface area contributed by atoms with Crippen LogP contribution < -0.4 is 15.4 Å². The Morgan fingerprint density at radius 3 is 2.39 bits per heavy atom. The summed E-state index contributed by atoms with van der Waals surface area (Å²) < 4.78 is 5.01. The Labute approximate surface area is 107 Å². The average Bonchev–Trinajstić information content (AvgIpc) is 2.37. The van der Waals surface area contributed by atoms with E-state index in [1.807, 2.05) is 0 Å². The first-order valence-corrected chi connectivity index (χ1v) is 5.96. The van der Waals surface area contributed by atoms with E-state index in [-0.39, 0.29) is 18.7 Å². The molecule has 0 radical (unpaired) electrons. The predicted octanol–water partition coefficient (Wildman–Crippen LogP) is 0.741. The third-order valence-electron chi connectivity index (χ3n) is 2.58. The van der Waals surface area contributed by atoms with Crippen molar-refractivity contribution < 1.29 is 9.84 Å². The summed E-state index contributed by atoms with van der Waals surface area (Å²) >= 11 is 0. The van der Waals surface area contributed by atoms with Crippen LogP contribution in [-0.2, 0) is 0 Å². The first-order chi connectivity index (χ1) is 8.60. The number of aliphatic hydroxyl groups is 1. The number of rotatable bonds is 7. The monoisotopic (exact) mass is 255 g/mol. The molecule has 1 heterocycles. The van der Waals surface area contributed by atoms with Gasteiger partial charge in [-0.15, -0.1) is 0 Å². The van der Waals surface area contributed by atoms with Crippen LogP contribution in [0, 0.1) is 5.92 Å². The van der Waals surface area contributed by atoms with E-state index in [0.29, 0.717) is 24.2 Å². The van der Waals surface area contributed by atoms with Crippen LogP contribution in [0.5, 0.6) is 6.01 Å². The third-order valence-corrected chi connectivity index (χ3v) is 2.58. The van der Waals surface area contributed by atoms with Crippen molar-refractivity contribution in [1.82, 2.24) is 15.0 Å². The minimum atomic E-state index is 0.104. The fraction of sp³-hybridized carbons (Fsp3) is 0.727. The van der Waals surface area contributed by atoms with Gasteiger partial charge in [-0.2, -0.15) is 15.0 Å². The highest BCUT2D eigenvalue weighted by atomic mass is 16.5. The Balaban J connectivity index is 2.87. The number of hydrogen-bond donors (Lipinski definition) is 3. The predicted molar refractivity (Wildman–Crippen MR) is 69.9 cm³/mol. The van der Waals surface area contributed by atoms with Crippen LogP contribution in [0.4, 0.5) is 11.9 Å². The molecular formula is C11H21N5O2. The van der Waals surface area contributed by atoms with Crippen molar-refractivity contribution >= 4 is 11.9 Å². The molecule has 1 atom stereocenters. The van der Waals surface area contributed by atoms with Crippen LogP contribution in [0.3, 0.4) is 0 Å². The minimum absolute atomic E-state index is 0.104. The van der Waals surface area contributed by atoms with Crippen LogP contribution in [-0.4, -0.2) is 46.9 Å². The van der Waals surface area contributed by atoms with Gasteiger partial charge >= 0.3 is 6.01 Å². The van der Waals surface area contributed by atoms with Crippen molar-refractivity contribution in [1.29, 1.82) is 0 Å². The molecule has 0 saturated carbocycles. The molecule has 0 bridgehead atoms. The summed E-state index contributed by atoms with van der Waals surface area (Å²) in [4.78, 5) is 12.3. The summed E-state index contributed by atoms with van der Waals surface area (Å²) in [5, 5.41) is 15.1. The van der Waals surface area contributed by atoms with E-state index in [1.165, 1.54) is 7.11 Å². The van der Waals surface area contributed by atoms with Crippen molar-refractivity contribution in [3.63, 3.8) is 0 Å². The van der Waals surface area contributed by atoms with E-state index >= 15 is 0 Å². The normalized spacial score (nSPS) is 12.3. The molecule has 0 aliphatic rings. The second-order valence-electron chi connectivity index (χ2n) is 4.23. The standard InChI is InChI=1S/C11H21N5O2/c1-7(2)8(5-6-17)13-10-14-9(12-3)15-11(16-10)18-4/h7-8,17H,5-6H2,1-4H3,(H2,12,13,14,15,16). The van der Waals surface area contributed by atoms with E-state index in [4.69, 9.17) is 9.84 Å².